The van der Waals surface area contributed by atoms with E-state index >= 15 is 0 Å². The molecule has 0 bridgehead atoms. The highest BCUT2D eigenvalue weighted by Gasteiger charge is 2.41. The summed E-state index contributed by atoms with van der Waals surface area (Å²) in [6.45, 7) is 2.40. The van der Waals surface area contributed by atoms with E-state index in [1.54, 1.807) is 4.90 Å². The molecule has 0 radical (unpaired) electrons. The highest BCUT2D eigenvalue weighted by Crippen LogP contribution is 2.31. The Kier molecular flexibility index (Phi) is 4.51. The van der Waals surface area contributed by atoms with E-state index in [2.05, 4.69) is 15.9 Å². The summed E-state index contributed by atoms with van der Waals surface area (Å²) in [7, 11) is 0. The van der Waals surface area contributed by atoms with Gasteiger partial charge in [-0.2, -0.15) is 0 Å². The van der Waals surface area contributed by atoms with E-state index in [0.717, 1.165) is 8.66 Å². The molecule has 1 fully saturated rings. The van der Waals surface area contributed by atoms with Crippen molar-refractivity contribution in [2.75, 3.05) is 13.1 Å². The van der Waals surface area contributed by atoms with Crippen LogP contribution in [0.25, 0.3) is 0 Å². The SMILES string of the molecule is CC(C(=O)N1CCC(O)(C(=O)O)CC1)c1ccc(Br)s1. The number of carboxylic acids is 1. The van der Waals surface area contributed by atoms with Gasteiger partial charge in [0.25, 0.3) is 0 Å². The van der Waals surface area contributed by atoms with Crippen LogP contribution in [0.2, 0.25) is 0 Å². The molecule has 0 saturated carbocycles. The van der Waals surface area contributed by atoms with E-state index < -0.39 is 11.6 Å². The normalized spacial score (nSPS) is 19.6. The van der Waals surface area contributed by atoms with Gasteiger partial charge >= 0.3 is 5.97 Å². The first-order valence-corrected chi connectivity index (χ1v) is 7.94. The van der Waals surface area contributed by atoms with Crippen molar-refractivity contribution in [1.82, 2.24) is 4.90 Å². The quantitative estimate of drug-likeness (QED) is 0.863. The van der Waals surface area contributed by atoms with Gasteiger partial charge in [0.05, 0.1) is 9.70 Å². The third-order valence-electron chi connectivity index (χ3n) is 3.69. The summed E-state index contributed by atoms with van der Waals surface area (Å²) in [5, 5.41) is 18.8. The average Bonchev–Trinajstić information content (AvgIpc) is 2.84. The summed E-state index contributed by atoms with van der Waals surface area (Å²) in [5.41, 5.74) is -1.69. The van der Waals surface area contributed by atoms with Crippen LogP contribution in [0.15, 0.2) is 15.9 Å². The summed E-state index contributed by atoms with van der Waals surface area (Å²) in [6, 6.07) is 3.82. The number of likely N-dealkylation sites (tertiary alicyclic amines) is 1. The van der Waals surface area contributed by atoms with Crippen LogP contribution in [0.1, 0.15) is 30.6 Å². The van der Waals surface area contributed by atoms with E-state index in [1.807, 2.05) is 19.1 Å². The van der Waals surface area contributed by atoms with Gasteiger partial charge in [0.1, 0.15) is 0 Å². The van der Waals surface area contributed by atoms with Gasteiger partial charge in [0, 0.05) is 30.8 Å². The molecule has 1 aromatic heterocycles. The Morgan fingerprint density at radius 2 is 2.00 bits per heavy atom. The molecular formula is C13H16BrNO4S. The number of amides is 1. The van der Waals surface area contributed by atoms with Crippen LogP contribution in [0.4, 0.5) is 0 Å². The molecule has 110 valence electrons. The van der Waals surface area contributed by atoms with Gasteiger partial charge in [-0.15, -0.1) is 11.3 Å². The molecule has 1 unspecified atom stereocenters. The number of aliphatic carboxylic acids is 1. The van der Waals surface area contributed by atoms with Crippen molar-refractivity contribution in [3.8, 4) is 0 Å². The molecule has 7 heteroatoms. The monoisotopic (exact) mass is 361 g/mol. The molecular weight excluding hydrogens is 346 g/mol. The fourth-order valence-corrected chi connectivity index (χ4v) is 3.74. The lowest BCUT2D eigenvalue weighted by molar-refractivity contribution is -0.165. The average molecular weight is 362 g/mol. The lowest BCUT2D eigenvalue weighted by Crippen LogP contribution is -2.51. The van der Waals surface area contributed by atoms with Gasteiger partial charge in [-0.1, -0.05) is 0 Å². The molecule has 5 nitrogen and oxygen atoms in total. The lowest BCUT2D eigenvalue weighted by Gasteiger charge is -2.36. The Bertz CT molecular complexity index is 522. The predicted molar refractivity (Wildman–Crippen MR) is 78.8 cm³/mol. The largest absolute Gasteiger partial charge is 0.479 e. The number of hydrogen-bond donors (Lipinski definition) is 2. The Balaban J connectivity index is 2.00. The molecule has 1 saturated heterocycles. The minimum Gasteiger partial charge on any atom is -0.479 e. The van der Waals surface area contributed by atoms with E-state index in [9.17, 15) is 14.7 Å². The predicted octanol–water partition coefficient (Wildman–Crippen LogP) is 2.05. The first-order valence-electron chi connectivity index (χ1n) is 6.33. The Morgan fingerprint density at radius 3 is 2.45 bits per heavy atom. The van der Waals surface area contributed by atoms with Gasteiger partial charge in [0.15, 0.2) is 5.60 Å². The number of aliphatic hydroxyl groups is 1. The number of nitrogens with zero attached hydrogens (tertiary/aromatic N) is 1. The summed E-state index contributed by atoms with van der Waals surface area (Å²) in [4.78, 5) is 25.9. The lowest BCUT2D eigenvalue weighted by atomic mass is 9.91. The zero-order valence-electron chi connectivity index (χ0n) is 11.0. The summed E-state index contributed by atoms with van der Waals surface area (Å²) in [6.07, 6.45) is 0.157. The first kappa shape index (κ1) is 15.5. The molecule has 20 heavy (non-hydrogen) atoms. The molecule has 1 amide bonds. The van der Waals surface area contributed by atoms with Crippen molar-refractivity contribution in [3.05, 3.63) is 20.8 Å². The summed E-state index contributed by atoms with van der Waals surface area (Å²) < 4.78 is 0.978. The Morgan fingerprint density at radius 1 is 1.40 bits per heavy atom. The molecule has 0 aromatic carbocycles. The minimum atomic E-state index is -1.69. The Labute approximate surface area is 129 Å². The minimum absolute atomic E-state index is 0.0215. The maximum atomic E-state index is 12.4. The van der Waals surface area contributed by atoms with Crippen LogP contribution in [0.5, 0.6) is 0 Å². The molecule has 2 N–H and O–H groups in total. The molecule has 2 heterocycles. The molecule has 0 spiro atoms. The van der Waals surface area contributed by atoms with Crippen LogP contribution in [0, 0.1) is 0 Å². The summed E-state index contributed by atoms with van der Waals surface area (Å²) in [5.74, 6) is -1.48. The second kappa shape index (κ2) is 5.83. The fraction of sp³-hybridized carbons (Fsp3) is 0.538. The van der Waals surface area contributed by atoms with Crippen molar-refractivity contribution in [2.45, 2.75) is 31.3 Å². The topological polar surface area (TPSA) is 77.8 Å². The standard InChI is InChI=1S/C13H16BrNO4S/c1-8(9-2-3-10(14)20-9)11(16)15-6-4-13(19,5-7-15)12(17)18/h2-3,8,19H,4-7H2,1H3,(H,17,18). The van der Waals surface area contributed by atoms with Crippen LogP contribution in [0.3, 0.4) is 0 Å². The number of hydrogen-bond acceptors (Lipinski definition) is 4. The van der Waals surface area contributed by atoms with Crippen molar-refractivity contribution in [3.63, 3.8) is 0 Å². The van der Waals surface area contributed by atoms with Crippen LogP contribution in [-0.2, 0) is 9.59 Å². The molecule has 2 rings (SSSR count). The molecule has 1 aliphatic heterocycles. The second-order valence-corrected chi connectivity index (χ2v) is 7.52. The maximum Gasteiger partial charge on any atom is 0.335 e. The number of carbonyl (C=O) groups is 2. The smallest absolute Gasteiger partial charge is 0.335 e. The fourth-order valence-electron chi connectivity index (χ4n) is 2.27. The zero-order valence-corrected chi connectivity index (χ0v) is 13.4. The van der Waals surface area contributed by atoms with Gasteiger partial charge in [-0.25, -0.2) is 4.79 Å². The third kappa shape index (κ3) is 3.05. The molecule has 1 aliphatic rings. The van der Waals surface area contributed by atoms with Crippen molar-refractivity contribution >= 4 is 39.1 Å². The number of halogens is 1. The van der Waals surface area contributed by atoms with Gasteiger partial charge in [0.2, 0.25) is 5.91 Å². The van der Waals surface area contributed by atoms with Crippen LogP contribution >= 0.6 is 27.3 Å². The molecule has 1 aromatic rings. The van der Waals surface area contributed by atoms with Crippen LogP contribution < -0.4 is 0 Å². The number of piperidine rings is 1. The van der Waals surface area contributed by atoms with Crippen molar-refractivity contribution in [1.29, 1.82) is 0 Å². The highest BCUT2D eigenvalue weighted by atomic mass is 79.9. The molecule has 0 aliphatic carbocycles. The number of rotatable bonds is 3. The third-order valence-corrected chi connectivity index (χ3v) is 5.50. The highest BCUT2D eigenvalue weighted by molar-refractivity contribution is 9.11. The zero-order chi connectivity index (χ0) is 14.9. The van der Waals surface area contributed by atoms with Gasteiger partial charge in [-0.3, -0.25) is 4.79 Å². The van der Waals surface area contributed by atoms with Crippen molar-refractivity contribution < 1.29 is 19.8 Å². The molecule has 1 atom stereocenters. The van der Waals surface area contributed by atoms with E-state index in [0.29, 0.717) is 0 Å². The number of carboxylic acid groups (broad SMARTS) is 1. The van der Waals surface area contributed by atoms with Gasteiger partial charge < -0.3 is 15.1 Å². The van der Waals surface area contributed by atoms with E-state index in [1.165, 1.54) is 11.3 Å². The first-order chi connectivity index (χ1) is 9.33. The maximum absolute atomic E-state index is 12.4. The van der Waals surface area contributed by atoms with Gasteiger partial charge in [-0.05, 0) is 35.0 Å². The van der Waals surface area contributed by atoms with Crippen LogP contribution in [-0.4, -0.2) is 45.7 Å². The van der Waals surface area contributed by atoms with Crippen molar-refractivity contribution in [2.24, 2.45) is 0 Å². The van der Waals surface area contributed by atoms with E-state index in [4.69, 9.17) is 5.11 Å². The van der Waals surface area contributed by atoms with E-state index in [-0.39, 0.29) is 37.8 Å². The number of thiophene rings is 1. The Hall–Kier alpha value is -0.920. The second-order valence-electron chi connectivity index (χ2n) is 5.03. The number of carbonyl (C=O) groups excluding carboxylic acids is 1. The summed E-state index contributed by atoms with van der Waals surface area (Å²) >= 11 is 4.89.